The van der Waals surface area contributed by atoms with Gasteiger partial charge in [-0.3, -0.25) is 4.90 Å². The summed E-state index contributed by atoms with van der Waals surface area (Å²) in [6.07, 6.45) is 5.21. The quantitative estimate of drug-likeness (QED) is 0.747. The molecule has 0 amide bonds. The zero-order valence-electron chi connectivity index (χ0n) is 14.9. The Bertz CT molecular complexity index is 618. The van der Waals surface area contributed by atoms with Crippen LogP contribution >= 0.6 is 11.6 Å². The highest BCUT2D eigenvalue weighted by Gasteiger charge is 2.22. The third kappa shape index (κ3) is 5.85. The van der Waals surface area contributed by atoms with Crippen molar-refractivity contribution in [2.75, 3.05) is 13.1 Å². The molecular formula is C22H29ClN2. The van der Waals surface area contributed by atoms with E-state index in [0.29, 0.717) is 0 Å². The normalized spacial score (nSPS) is 20.8. The second-order valence-electron chi connectivity index (χ2n) is 7.40. The summed E-state index contributed by atoms with van der Waals surface area (Å²) in [6, 6.07) is 19.1. The lowest BCUT2D eigenvalue weighted by Gasteiger charge is -2.32. The van der Waals surface area contributed by atoms with Crippen molar-refractivity contribution in [1.82, 2.24) is 4.90 Å². The highest BCUT2D eigenvalue weighted by molar-refractivity contribution is 6.30. The van der Waals surface area contributed by atoms with Crippen LogP contribution in [0, 0.1) is 11.8 Å². The van der Waals surface area contributed by atoms with Gasteiger partial charge >= 0.3 is 0 Å². The molecule has 2 N–H and O–H groups in total. The first-order chi connectivity index (χ1) is 12.2. The molecule has 1 aliphatic rings. The summed E-state index contributed by atoms with van der Waals surface area (Å²) in [7, 11) is 0. The Labute approximate surface area is 157 Å². The lowest BCUT2D eigenvalue weighted by molar-refractivity contribution is 0.170. The van der Waals surface area contributed by atoms with Gasteiger partial charge in [0.1, 0.15) is 0 Å². The number of hydrogen-bond donors (Lipinski definition) is 1. The van der Waals surface area contributed by atoms with Crippen LogP contribution in [0.2, 0.25) is 5.02 Å². The molecule has 2 nitrogen and oxygen atoms in total. The van der Waals surface area contributed by atoms with E-state index in [1.54, 1.807) is 0 Å². The molecule has 0 aliphatic heterocycles. The molecule has 0 unspecified atom stereocenters. The summed E-state index contributed by atoms with van der Waals surface area (Å²) in [4.78, 5) is 2.59. The third-order valence-electron chi connectivity index (χ3n) is 5.38. The molecule has 0 radical (unpaired) electrons. The van der Waals surface area contributed by atoms with Crippen LogP contribution in [0.4, 0.5) is 0 Å². The van der Waals surface area contributed by atoms with E-state index in [1.807, 2.05) is 12.1 Å². The fraction of sp³-hybridized carbons (Fsp3) is 0.455. The van der Waals surface area contributed by atoms with Crippen LogP contribution in [0.3, 0.4) is 0 Å². The molecule has 2 aromatic carbocycles. The van der Waals surface area contributed by atoms with Gasteiger partial charge in [0.05, 0.1) is 0 Å². The highest BCUT2D eigenvalue weighted by atomic mass is 35.5. The summed E-state index contributed by atoms with van der Waals surface area (Å²) < 4.78 is 0. The number of benzene rings is 2. The monoisotopic (exact) mass is 356 g/mol. The van der Waals surface area contributed by atoms with Crippen LogP contribution < -0.4 is 5.73 Å². The topological polar surface area (TPSA) is 29.3 Å². The highest BCUT2D eigenvalue weighted by Crippen LogP contribution is 2.29. The summed E-state index contributed by atoms with van der Waals surface area (Å²) >= 11 is 6.04. The predicted molar refractivity (Wildman–Crippen MR) is 107 cm³/mol. The van der Waals surface area contributed by atoms with Crippen molar-refractivity contribution in [3.63, 3.8) is 0 Å². The van der Waals surface area contributed by atoms with E-state index in [0.717, 1.165) is 43.0 Å². The average molecular weight is 357 g/mol. The third-order valence-corrected chi connectivity index (χ3v) is 5.64. The zero-order valence-corrected chi connectivity index (χ0v) is 15.7. The van der Waals surface area contributed by atoms with Crippen molar-refractivity contribution in [2.24, 2.45) is 17.6 Å². The second-order valence-corrected chi connectivity index (χ2v) is 7.84. The van der Waals surface area contributed by atoms with Gasteiger partial charge in [0, 0.05) is 24.7 Å². The first-order valence-corrected chi connectivity index (χ1v) is 9.81. The molecule has 3 rings (SSSR count). The Kier molecular flexibility index (Phi) is 6.92. The largest absolute Gasteiger partial charge is 0.330 e. The lowest BCUT2D eigenvalue weighted by atomic mass is 9.82. The van der Waals surface area contributed by atoms with Crippen molar-refractivity contribution in [3.8, 4) is 0 Å². The van der Waals surface area contributed by atoms with Crippen LogP contribution in [-0.4, -0.2) is 18.0 Å². The summed E-state index contributed by atoms with van der Waals surface area (Å²) in [5, 5.41) is 0.804. The Balaban J connectivity index is 1.64. The Morgan fingerprint density at radius 1 is 0.800 bits per heavy atom. The van der Waals surface area contributed by atoms with E-state index in [1.165, 1.54) is 36.8 Å². The Morgan fingerprint density at radius 3 is 1.96 bits per heavy atom. The number of halogens is 1. The standard InChI is InChI=1S/C22H29ClN2/c23-22-12-10-21(11-13-22)17-25(15-19-4-2-1-3-5-19)16-20-8-6-18(14-24)7-9-20/h1-5,10-13,18,20H,6-9,14-17,24H2. The van der Waals surface area contributed by atoms with Crippen LogP contribution in [0.5, 0.6) is 0 Å². The van der Waals surface area contributed by atoms with Gasteiger partial charge in [-0.1, -0.05) is 54.1 Å². The van der Waals surface area contributed by atoms with Gasteiger partial charge in [0.25, 0.3) is 0 Å². The maximum atomic E-state index is 6.04. The van der Waals surface area contributed by atoms with Gasteiger partial charge in [-0.05, 0) is 67.3 Å². The van der Waals surface area contributed by atoms with Gasteiger partial charge in [-0.2, -0.15) is 0 Å². The zero-order chi connectivity index (χ0) is 17.5. The minimum atomic E-state index is 0.745. The first-order valence-electron chi connectivity index (χ1n) is 9.43. The molecule has 1 fully saturated rings. The SMILES string of the molecule is NCC1CCC(CN(Cc2ccccc2)Cc2ccc(Cl)cc2)CC1. The van der Waals surface area contributed by atoms with Gasteiger partial charge < -0.3 is 5.73 Å². The second kappa shape index (κ2) is 9.38. The van der Waals surface area contributed by atoms with Crippen LogP contribution in [0.15, 0.2) is 54.6 Å². The molecule has 1 aliphatic carbocycles. The smallest absolute Gasteiger partial charge is 0.0406 e. The number of rotatable bonds is 7. The molecule has 25 heavy (non-hydrogen) atoms. The lowest BCUT2D eigenvalue weighted by Crippen LogP contribution is -2.32. The van der Waals surface area contributed by atoms with E-state index >= 15 is 0 Å². The fourth-order valence-corrected chi connectivity index (χ4v) is 4.02. The van der Waals surface area contributed by atoms with Crippen molar-refractivity contribution in [2.45, 2.75) is 38.8 Å². The minimum Gasteiger partial charge on any atom is -0.330 e. The van der Waals surface area contributed by atoms with Gasteiger partial charge in [-0.25, -0.2) is 0 Å². The minimum absolute atomic E-state index is 0.745. The molecule has 2 aromatic rings. The van der Waals surface area contributed by atoms with Crippen molar-refractivity contribution < 1.29 is 0 Å². The van der Waals surface area contributed by atoms with Crippen LogP contribution in [0.1, 0.15) is 36.8 Å². The van der Waals surface area contributed by atoms with Crippen LogP contribution in [-0.2, 0) is 13.1 Å². The van der Waals surface area contributed by atoms with Crippen molar-refractivity contribution in [3.05, 3.63) is 70.7 Å². The molecule has 0 atom stereocenters. The van der Waals surface area contributed by atoms with E-state index < -0.39 is 0 Å². The summed E-state index contributed by atoms with van der Waals surface area (Å²) in [5.41, 5.74) is 8.56. The summed E-state index contributed by atoms with van der Waals surface area (Å²) in [6.45, 7) is 3.99. The van der Waals surface area contributed by atoms with Crippen LogP contribution in [0.25, 0.3) is 0 Å². The molecule has 1 saturated carbocycles. The maximum absolute atomic E-state index is 6.04. The van der Waals surface area contributed by atoms with E-state index in [-0.39, 0.29) is 0 Å². The fourth-order valence-electron chi connectivity index (χ4n) is 3.89. The van der Waals surface area contributed by atoms with Crippen molar-refractivity contribution >= 4 is 11.6 Å². The summed E-state index contributed by atoms with van der Waals surface area (Å²) in [5.74, 6) is 1.54. The molecule has 0 aromatic heterocycles. The molecule has 0 bridgehead atoms. The average Bonchev–Trinajstić information content (AvgIpc) is 2.65. The molecule has 0 spiro atoms. The molecule has 134 valence electrons. The predicted octanol–water partition coefficient (Wildman–Crippen LogP) is 5.11. The van der Waals surface area contributed by atoms with E-state index in [9.17, 15) is 0 Å². The van der Waals surface area contributed by atoms with Gasteiger partial charge in [0.15, 0.2) is 0 Å². The number of nitrogens with two attached hydrogens (primary N) is 1. The number of hydrogen-bond acceptors (Lipinski definition) is 2. The van der Waals surface area contributed by atoms with Gasteiger partial charge in [-0.15, -0.1) is 0 Å². The molecule has 3 heteroatoms. The van der Waals surface area contributed by atoms with E-state index in [2.05, 4.69) is 47.4 Å². The molecule has 0 heterocycles. The maximum Gasteiger partial charge on any atom is 0.0406 e. The van der Waals surface area contributed by atoms with E-state index in [4.69, 9.17) is 17.3 Å². The van der Waals surface area contributed by atoms with Gasteiger partial charge in [0.2, 0.25) is 0 Å². The van der Waals surface area contributed by atoms with Crippen molar-refractivity contribution in [1.29, 1.82) is 0 Å². The molecule has 0 saturated heterocycles. The Morgan fingerprint density at radius 2 is 1.36 bits per heavy atom. The first kappa shape index (κ1) is 18.4. The number of nitrogens with zero attached hydrogens (tertiary/aromatic N) is 1. The Hall–Kier alpha value is -1.35. The molecular weight excluding hydrogens is 328 g/mol.